The maximum Gasteiger partial charge on any atom is 0.309 e. The molecule has 5 aliphatic rings. The molecule has 1 N–H and O–H groups in total. The quantitative estimate of drug-likeness (QED) is 0.404. The molecule has 9 atom stereocenters. The third-order valence-electron chi connectivity index (χ3n) is 13.3. The summed E-state index contributed by atoms with van der Waals surface area (Å²) in [6.07, 6.45) is 10.0. The van der Waals surface area contributed by atoms with Crippen molar-refractivity contribution in [3.05, 3.63) is 11.6 Å². The van der Waals surface area contributed by atoms with Crippen molar-refractivity contribution in [2.75, 3.05) is 0 Å². The number of carbonyl (C=O) groups is 3. The van der Waals surface area contributed by atoms with Gasteiger partial charge in [-0.05, 0) is 104 Å². The van der Waals surface area contributed by atoms with Crippen LogP contribution >= 0.6 is 0 Å². The summed E-state index contributed by atoms with van der Waals surface area (Å²) in [4.78, 5) is 38.5. The van der Waals surface area contributed by atoms with E-state index in [1.54, 1.807) is 0 Å². The van der Waals surface area contributed by atoms with Crippen LogP contribution in [0.3, 0.4) is 0 Å². The van der Waals surface area contributed by atoms with Crippen molar-refractivity contribution < 1.29 is 24.2 Å². The van der Waals surface area contributed by atoms with Gasteiger partial charge in [-0.15, -0.1) is 0 Å². The predicted octanol–water partition coefficient (Wildman–Crippen LogP) is 6.98. The van der Waals surface area contributed by atoms with Gasteiger partial charge in [0.1, 0.15) is 6.10 Å². The van der Waals surface area contributed by atoms with Gasteiger partial charge in [0.2, 0.25) is 0 Å². The average molecular weight is 513 g/mol. The summed E-state index contributed by atoms with van der Waals surface area (Å²) in [6.45, 7) is 17.4. The molecule has 37 heavy (non-hydrogen) atoms. The molecule has 0 aliphatic heterocycles. The Bertz CT molecular complexity index is 1070. The molecule has 5 rings (SSSR count). The smallest absolute Gasteiger partial charge is 0.309 e. The Kier molecular flexibility index (Phi) is 5.78. The van der Waals surface area contributed by atoms with Crippen molar-refractivity contribution in [3.63, 3.8) is 0 Å². The number of ketones is 1. The van der Waals surface area contributed by atoms with Gasteiger partial charge in [0, 0.05) is 18.3 Å². The molecule has 4 saturated carbocycles. The van der Waals surface area contributed by atoms with Gasteiger partial charge in [-0.25, -0.2) is 0 Å². The van der Waals surface area contributed by atoms with E-state index in [9.17, 15) is 19.5 Å². The number of hydrogen-bond acceptors (Lipinski definition) is 4. The van der Waals surface area contributed by atoms with E-state index in [1.165, 1.54) is 12.5 Å². The predicted molar refractivity (Wildman–Crippen MR) is 143 cm³/mol. The second-order valence-electron chi connectivity index (χ2n) is 15.5. The zero-order chi connectivity index (χ0) is 27.4. The largest absolute Gasteiger partial charge is 0.481 e. The van der Waals surface area contributed by atoms with Crippen LogP contribution in [-0.4, -0.2) is 28.9 Å². The minimum atomic E-state index is -0.729. The summed E-state index contributed by atoms with van der Waals surface area (Å²) in [5, 5.41) is 10.1. The zero-order valence-electron chi connectivity index (χ0n) is 24.3. The number of allylic oxidation sites excluding steroid dienone is 2. The van der Waals surface area contributed by atoms with Crippen molar-refractivity contribution in [3.8, 4) is 0 Å². The van der Waals surface area contributed by atoms with E-state index in [0.717, 1.165) is 44.9 Å². The first-order valence-electron chi connectivity index (χ1n) is 14.6. The van der Waals surface area contributed by atoms with E-state index >= 15 is 0 Å². The Hall–Kier alpha value is -1.65. The highest BCUT2D eigenvalue weighted by Crippen LogP contribution is 2.75. The van der Waals surface area contributed by atoms with Crippen LogP contribution < -0.4 is 0 Å². The molecule has 0 heterocycles. The van der Waals surface area contributed by atoms with Crippen LogP contribution in [0.15, 0.2) is 11.6 Å². The van der Waals surface area contributed by atoms with Crippen molar-refractivity contribution >= 4 is 17.7 Å². The van der Waals surface area contributed by atoms with Gasteiger partial charge in [0.05, 0.1) is 5.41 Å². The third kappa shape index (κ3) is 3.43. The number of hydrogen-bond donors (Lipinski definition) is 1. The Labute approximate surface area is 223 Å². The van der Waals surface area contributed by atoms with Gasteiger partial charge < -0.3 is 9.84 Å². The van der Waals surface area contributed by atoms with Crippen LogP contribution in [0.4, 0.5) is 0 Å². The fourth-order valence-corrected chi connectivity index (χ4v) is 10.8. The number of carboxylic acid groups (broad SMARTS) is 1. The number of rotatable bonds is 2. The van der Waals surface area contributed by atoms with Crippen molar-refractivity contribution in [2.45, 2.75) is 119 Å². The molecular formula is C32H48O5. The van der Waals surface area contributed by atoms with Gasteiger partial charge in [-0.3, -0.25) is 14.4 Å². The highest BCUT2D eigenvalue weighted by atomic mass is 16.5. The maximum absolute atomic E-state index is 14.4. The van der Waals surface area contributed by atoms with E-state index in [4.69, 9.17) is 4.74 Å². The topological polar surface area (TPSA) is 80.7 Å². The lowest BCUT2D eigenvalue weighted by Crippen LogP contribution is -2.66. The summed E-state index contributed by atoms with van der Waals surface area (Å²) >= 11 is 0. The first-order chi connectivity index (χ1) is 16.9. The second-order valence-corrected chi connectivity index (χ2v) is 15.5. The van der Waals surface area contributed by atoms with Gasteiger partial charge in [-0.2, -0.15) is 0 Å². The van der Waals surface area contributed by atoms with Crippen molar-refractivity contribution in [1.29, 1.82) is 0 Å². The molecule has 1 unspecified atom stereocenters. The Balaban J connectivity index is 1.58. The lowest BCUT2D eigenvalue weighted by atomic mass is 9.33. The highest BCUT2D eigenvalue weighted by Gasteiger charge is 2.70. The number of carbonyl (C=O) groups excluding carboxylic acids is 2. The van der Waals surface area contributed by atoms with E-state index in [2.05, 4.69) is 41.5 Å². The summed E-state index contributed by atoms with van der Waals surface area (Å²) in [6, 6.07) is 0. The summed E-state index contributed by atoms with van der Waals surface area (Å²) in [5.74, 6) is -0.280. The van der Waals surface area contributed by atoms with Crippen LogP contribution in [0.5, 0.6) is 0 Å². The molecule has 0 aromatic heterocycles. The summed E-state index contributed by atoms with van der Waals surface area (Å²) in [7, 11) is 0. The summed E-state index contributed by atoms with van der Waals surface area (Å²) < 4.78 is 5.82. The van der Waals surface area contributed by atoms with Gasteiger partial charge >= 0.3 is 11.9 Å². The molecule has 5 heteroatoms. The molecular weight excluding hydrogens is 464 g/mol. The minimum Gasteiger partial charge on any atom is -0.481 e. The summed E-state index contributed by atoms with van der Waals surface area (Å²) in [5.41, 5.74) is -0.0327. The average Bonchev–Trinajstić information content (AvgIpc) is 2.78. The van der Waals surface area contributed by atoms with Crippen LogP contribution in [0.2, 0.25) is 0 Å². The monoisotopic (exact) mass is 512 g/mol. The van der Waals surface area contributed by atoms with Crippen LogP contribution in [0, 0.1) is 50.2 Å². The Morgan fingerprint density at radius 1 is 0.919 bits per heavy atom. The lowest BCUT2D eigenvalue weighted by molar-refractivity contribution is -0.210. The van der Waals surface area contributed by atoms with E-state index < -0.39 is 11.4 Å². The maximum atomic E-state index is 14.4. The molecule has 0 amide bonds. The number of ether oxygens (including phenoxy) is 1. The van der Waals surface area contributed by atoms with Gasteiger partial charge in [0.15, 0.2) is 5.78 Å². The molecule has 4 fully saturated rings. The Morgan fingerprint density at radius 2 is 1.57 bits per heavy atom. The zero-order valence-corrected chi connectivity index (χ0v) is 24.3. The SMILES string of the molecule is CC(=O)OC1CC[C@]2(C)[C@H]3C(=O)C=C4[C@@H]5C[C@@](C)(C(=O)O)CC[C@]5(C)CC[C@@]4(C)[C@]3(C)CC[C@H]2C1(C)C. The number of esters is 1. The van der Waals surface area contributed by atoms with E-state index in [-0.39, 0.29) is 56.8 Å². The molecule has 5 nitrogen and oxygen atoms in total. The third-order valence-corrected chi connectivity index (χ3v) is 13.3. The molecule has 0 aromatic rings. The standard InChI is InChI=1S/C32H48O5/c1-19(33)37-24-10-11-30(6)23(27(24,2)3)9-12-32(8)25(30)22(34)17-20-21-18-29(5,26(35)36)14-13-28(21,4)15-16-31(20,32)7/h17,21,23-25H,9-16,18H2,1-8H3,(H,35,36)/t21-,23-,24?,25+,28+,29-,30-,31+,32+/m0/s1. The molecule has 0 spiro atoms. The minimum absolute atomic E-state index is 0.0644. The second kappa shape index (κ2) is 7.94. The highest BCUT2D eigenvalue weighted by molar-refractivity contribution is 5.95. The fourth-order valence-electron chi connectivity index (χ4n) is 10.8. The van der Waals surface area contributed by atoms with Gasteiger partial charge in [-0.1, -0.05) is 47.1 Å². The first-order valence-corrected chi connectivity index (χ1v) is 14.6. The van der Waals surface area contributed by atoms with E-state index in [1.807, 2.05) is 13.0 Å². The Morgan fingerprint density at radius 3 is 2.19 bits per heavy atom. The molecule has 0 aromatic carbocycles. The normalized spacial score (nSPS) is 50.5. The molecule has 5 aliphatic carbocycles. The molecule has 206 valence electrons. The van der Waals surface area contributed by atoms with Crippen molar-refractivity contribution in [2.24, 2.45) is 50.2 Å². The molecule has 0 radical (unpaired) electrons. The fraction of sp³-hybridized carbons (Fsp3) is 0.844. The molecule has 0 bridgehead atoms. The number of carboxylic acids is 1. The number of aliphatic carboxylic acids is 1. The molecule has 0 saturated heterocycles. The first kappa shape index (κ1) is 26.9. The van der Waals surface area contributed by atoms with Crippen molar-refractivity contribution in [1.82, 2.24) is 0 Å². The number of fused-ring (bicyclic) bond motifs is 7. The van der Waals surface area contributed by atoms with E-state index in [0.29, 0.717) is 18.8 Å². The van der Waals surface area contributed by atoms with Crippen LogP contribution in [0.1, 0.15) is 113 Å². The van der Waals surface area contributed by atoms with Crippen LogP contribution in [-0.2, 0) is 19.1 Å². The van der Waals surface area contributed by atoms with Gasteiger partial charge in [0.25, 0.3) is 0 Å². The lowest BCUT2D eigenvalue weighted by Gasteiger charge is -2.70. The van der Waals surface area contributed by atoms with Crippen LogP contribution in [0.25, 0.3) is 0 Å².